The molecule has 1 aliphatic carbocycles. The molecule has 0 saturated heterocycles. The number of hydrogen-bond donors (Lipinski definition) is 3. The van der Waals surface area contributed by atoms with E-state index in [1.165, 1.54) is 12.8 Å². The highest BCUT2D eigenvalue weighted by Gasteiger charge is 2.21. The first kappa shape index (κ1) is 22.7. The normalized spacial score (nSPS) is 13.9. The van der Waals surface area contributed by atoms with Gasteiger partial charge in [0.15, 0.2) is 0 Å². The summed E-state index contributed by atoms with van der Waals surface area (Å²) in [7, 11) is 1.64. The number of aromatic nitrogens is 4. The molecule has 5 rings (SSSR count). The van der Waals surface area contributed by atoms with Gasteiger partial charge in [0, 0.05) is 49.0 Å². The third kappa shape index (κ3) is 5.21. The Kier molecular flexibility index (Phi) is 6.52. The third-order valence-corrected chi connectivity index (χ3v) is 6.34. The van der Waals surface area contributed by atoms with E-state index in [2.05, 4.69) is 48.9 Å². The maximum absolute atomic E-state index is 12.3. The topological polar surface area (TPSA) is 105 Å². The molecule has 1 amide bonds. The Morgan fingerprint density at radius 2 is 1.89 bits per heavy atom. The molecule has 3 aromatic heterocycles. The zero-order valence-corrected chi connectivity index (χ0v) is 20.0. The first-order valence-corrected chi connectivity index (χ1v) is 12.0. The van der Waals surface area contributed by atoms with Crippen LogP contribution in [0.5, 0.6) is 0 Å². The fourth-order valence-electron chi connectivity index (χ4n) is 4.22. The minimum absolute atomic E-state index is 0.104. The second-order valence-electron chi connectivity index (χ2n) is 8.93. The summed E-state index contributed by atoms with van der Waals surface area (Å²) in [6.07, 6.45) is 8.39. The summed E-state index contributed by atoms with van der Waals surface area (Å²) in [5.41, 5.74) is 4.52. The molecule has 0 spiro atoms. The number of para-hydroxylation sites is 1. The maximum atomic E-state index is 12.3. The van der Waals surface area contributed by atoms with E-state index in [4.69, 9.17) is 0 Å². The third-order valence-electron chi connectivity index (χ3n) is 6.34. The van der Waals surface area contributed by atoms with Crippen molar-refractivity contribution in [1.82, 2.24) is 25.3 Å². The first-order chi connectivity index (χ1) is 17.1. The van der Waals surface area contributed by atoms with E-state index < -0.39 is 0 Å². The minimum Gasteiger partial charge on any atom is -0.370 e. The van der Waals surface area contributed by atoms with E-state index in [1.807, 2.05) is 36.5 Å². The average molecular weight is 468 g/mol. The summed E-state index contributed by atoms with van der Waals surface area (Å²) in [6, 6.07) is 14.3. The number of anilines is 2. The van der Waals surface area contributed by atoms with Crippen LogP contribution in [0.3, 0.4) is 0 Å². The van der Waals surface area contributed by atoms with Gasteiger partial charge in [-0.1, -0.05) is 25.1 Å². The van der Waals surface area contributed by atoms with Gasteiger partial charge in [0.25, 0.3) is 5.91 Å². The minimum atomic E-state index is -0.104. The highest BCUT2D eigenvalue weighted by molar-refractivity contribution is 6.06. The zero-order chi connectivity index (χ0) is 24.2. The molecule has 1 unspecified atom stereocenters. The monoisotopic (exact) mass is 467 g/mol. The summed E-state index contributed by atoms with van der Waals surface area (Å²) in [4.78, 5) is 30.1. The molecule has 8 heteroatoms. The predicted molar refractivity (Wildman–Crippen MR) is 139 cm³/mol. The largest absolute Gasteiger partial charge is 0.370 e. The molecule has 1 atom stereocenters. The summed E-state index contributed by atoms with van der Waals surface area (Å²) in [5, 5.41) is 10.4. The Bertz CT molecular complexity index is 1350. The number of carbonyl (C=O) groups is 1. The lowest BCUT2D eigenvalue weighted by molar-refractivity contribution is 0.0964. The number of nitrogens with zero attached hydrogens (tertiary/aromatic N) is 4. The molecule has 178 valence electrons. The van der Waals surface area contributed by atoms with Crippen LogP contribution >= 0.6 is 0 Å². The number of benzene rings is 1. The smallest absolute Gasteiger partial charge is 0.251 e. The number of pyridine rings is 2. The molecular weight excluding hydrogens is 438 g/mol. The van der Waals surface area contributed by atoms with E-state index >= 15 is 0 Å². The van der Waals surface area contributed by atoms with Crippen LogP contribution < -0.4 is 16.0 Å². The van der Waals surface area contributed by atoms with E-state index in [1.54, 1.807) is 25.6 Å². The van der Waals surface area contributed by atoms with Crippen molar-refractivity contribution in [1.29, 1.82) is 0 Å². The van der Waals surface area contributed by atoms with Gasteiger partial charge in [-0.25, -0.2) is 15.0 Å². The lowest BCUT2D eigenvalue weighted by atomic mass is 9.94. The van der Waals surface area contributed by atoms with E-state index in [0.717, 1.165) is 52.3 Å². The Hall–Kier alpha value is -4.07. The van der Waals surface area contributed by atoms with Crippen molar-refractivity contribution < 1.29 is 4.79 Å². The molecule has 4 aromatic rings. The lowest BCUT2D eigenvalue weighted by Crippen LogP contribution is -2.18. The van der Waals surface area contributed by atoms with Gasteiger partial charge in [-0.3, -0.25) is 9.78 Å². The highest BCUT2D eigenvalue weighted by atomic mass is 16.1. The lowest BCUT2D eigenvalue weighted by Gasteiger charge is -2.16. The van der Waals surface area contributed by atoms with Crippen molar-refractivity contribution in [3.63, 3.8) is 0 Å². The Balaban J connectivity index is 1.26. The molecule has 0 aliphatic heterocycles. The number of fused-ring (bicyclic) bond motifs is 1. The molecule has 0 radical (unpaired) electrons. The predicted octanol–water partition coefficient (Wildman–Crippen LogP) is 4.63. The summed E-state index contributed by atoms with van der Waals surface area (Å²) >= 11 is 0. The number of amides is 1. The fraction of sp³-hybridized carbons (Fsp3) is 0.296. The number of hydrogen-bond acceptors (Lipinski definition) is 7. The van der Waals surface area contributed by atoms with Crippen molar-refractivity contribution in [3.8, 4) is 11.3 Å². The molecule has 1 saturated carbocycles. The van der Waals surface area contributed by atoms with Crippen molar-refractivity contribution in [2.75, 3.05) is 24.2 Å². The van der Waals surface area contributed by atoms with E-state index in [-0.39, 0.29) is 11.8 Å². The zero-order valence-electron chi connectivity index (χ0n) is 20.0. The molecule has 3 N–H and O–H groups in total. The standard InChI is InChI=1S/C27H29N7O/c1-17(20-4-3-5-21-22(27(35)28-2)10-13-31-26(20)21)8-11-29-24-15-23(32-16-33-24)18-9-12-30-25(14-18)34-19-6-7-19/h3-5,9-10,12-17,19H,6-8,11H2,1-2H3,(H,28,35)(H,30,34)(H,29,32,33). The number of nitrogens with one attached hydrogen (secondary N) is 3. The van der Waals surface area contributed by atoms with Gasteiger partial charge >= 0.3 is 0 Å². The summed E-state index contributed by atoms with van der Waals surface area (Å²) in [6.45, 7) is 2.93. The van der Waals surface area contributed by atoms with Gasteiger partial charge in [-0.2, -0.15) is 0 Å². The number of rotatable bonds is 9. The van der Waals surface area contributed by atoms with Gasteiger partial charge in [-0.15, -0.1) is 0 Å². The molecule has 1 aliphatic rings. The average Bonchev–Trinajstić information content (AvgIpc) is 3.72. The second-order valence-corrected chi connectivity index (χ2v) is 8.93. The van der Waals surface area contributed by atoms with Crippen molar-refractivity contribution in [2.45, 2.75) is 38.1 Å². The molecule has 8 nitrogen and oxygen atoms in total. The van der Waals surface area contributed by atoms with Crippen molar-refractivity contribution >= 4 is 28.4 Å². The Labute approximate surface area is 204 Å². The van der Waals surface area contributed by atoms with Gasteiger partial charge in [0.05, 0.1) is 16.8 Å². The van der Waals surface area contributed by atoms with Gasteiger partial charge in [0.2, 0.25) is 0 Å². The molecule has 35 heavy (non-hydrogen) atoms. The summed E-state index contributed by atoms with van der Waals surface area (Å²) < 4.78 is 0. The summed E-state index contributed by atoms with van der Waals surface area (Å²) in [5.74, 6) is 1.81. The molecule has 1 fully saturated rings. The van der Waals surface area contributed by atoms with Crippen LogP contribution in [0, 0.1) is 0 Å². The quantitative estimate of drug-likeness (QED) is 0.330. The van der Waals surface area contributed by atoms with Crippen molar-refractivity contribution in [2.24, 2.45) is 0 Å². The number of carbonyl (C=O) groups excluding carboxylic acids is 1. The van der Waals surface area contributed by atoms with E-state index in [9.17, 15) is 4.79 Å². The second kappa shape index (κ2) is 10.0. The Morgan fingerprint density at radius 1 is 1.03 bits per heavy atom. The molecule has 1 aromatic carbocycles. The van der Waals surface area contributed by atoms with Crippen LogP contribution in [0.2, 0.25) is 0 Å². The SMILES string of the molecule is CNC(=O)c1ccnc2c(C(C)CCNc3cc(-c4ccnc(NC5CC5)c4)ncn3)cccc12. The van der Waals surface area contributed by atoms with Gasteiger partial charge < -0.3 is 16.0 Å². The first-order valence-electron chi connectivity index (χ1n) is 12.0. The van der Waals surface area contributed by atoms with Crippen LogP contribution in [0.4, 0.5) is 11.6 Å². The van der Waals surface area contributed by atoms with Crippen LogP contribution in [-0.2, 0) is 0 Å². The van der Waals surface area contributed by atoms with Gasteiger partial charge in [-0.05, 0) is 48.9 Å². The molecule has 0 bridgehead atoms. The van der Waals surface area contributed by atoms with Gasteiger partial charge in [0.1, 0.15) is 18.0 Å². The van der Waals surface area contributed by atoms with Crippen LogP contribution in [0.25, 0.3) is 22.2 Å². The molecule has 3 heterocycles. The fourth-order valence-corrected chi connectivity index (χ4v) is 4.22. The van der Waals surface area contributed by atoms with Crippen LogP contribution in [0.1, 0.15) is 48.0 Å². The Morgan fingerprint density at radius 3 is 2.71 bits per heavy atom. The molecular formula is C27H29N7O. The van der Waals surface area contributed by atoms with Crippen LogP contribution in [-0.4, -0.2) is 45.5 Å². The maximum Gasteiger partial charge on any atom is 0.251 e. The van der Waals surface area contributed by atoms with Crippen LogP contribution in [0.15, 0.2) is 61.2 Å². The van der Waals surface area contributed by atoms with Crippen molar-refractivity contribution in [3.05, 3.63) is 72.3 Å². The van der Waals surface area contributed by atoms with E-state index in [0.29, 0.717) is 11.6 Å². The highest BCUT2D eigenvalue weighted by Crippen LogP contribution is 2.29.